The lowest BCUT2D eigenvalue weighted by Crippen LogP contribution is -2.57. The molecule has 3 nitrogen and oxygen atoms in total. The zero-order valence-electron chi connectivity index (χ0n) is 13.8. The summed E-state index contributed by atoms with van der Waals surface area (Å²) in [5.74, 6) is 0.238. The number of carbonyl (C=O) groups excluding carboxylic acids is 1. The fourth-order valence-electron chi connectivity index (χ4n) is 4.20. The molecule has 1 amide bonds. The van der Waals surface area contributed by atoms with Gasteiger partial charge in [-0.1, -0.05) is 17.7 Å². The van der Waals surface area contributed by atoms with Crippen molar-refractivity contribution in [1.82, 2.24) is 0 Å². The Balaban J connectivity index is 1.84. The number of anilines is 1. The second-order valence-electron chi connectivity index (χ2n) is 7.31. The van der Waals surface area contributed by atoms with E-state index in [0.29, 0.717) is 0 Å². The lowest BCUT2D eigenvalue weighted by molar-refractivity contribution is -0.923. The molecule has 0 bridgehead atoms. The fraction of sp³-hybridized carbons (Fsp3) is 0.611. The molecule has 1 heterocycles. The molecule has 2 aliphatic rings. The van der Waals surface area contributed by atoms with Gasteiger partial charge in [0, 0.05) is 31.4 Å². The van der Waals surface area contributed by atoms with Gasteiger partial charge in [-0.05, 0) is 31.9 Å². The number of aryl methyl sites for hydroxylation is 3. The zero-order chi connectivity index (χ0) is 15.3. The summed E-state index contributed by atoms with van der Waals surface area (Å²) in [5.41, 5.74) is 4.45. The summed E-state index contributed by atoms with van der Waals surface area (Å²) in [6.07, 6.45) is 4.60. The highest BCUT2D eigenvalue weighted by atomic mass is 16.2. The monoisotopic (exact) mass is 287 g/mol. The van der Waals surface area contributed by atoms with E-state index in [1.165, 1.54) is 29.5 Å². The van der Waals surface area contributed by atoms with Crippen LogP contribution in [0, 0.1) is 20.8 Å². The van der Waals surface area contributed by atoms with Gasteiger partial charge in [0.1, 0.15) is 0 Å². The molecule has 0 spiro atoms. The Kier molecular flexibility index (Phi) is 3.36. The van der Waals surface area contributed by atoms with Gasteiger partial charge in [0.05, 0.1) is 20.1 Å². The molecule has 3 rings (SSSR count). The van der Waals surface area contributed by atoms with Crippen LogP contribution in [0.4, 0.5) is 5.69 Å². The van der Waals surface area contributed by atoms with Crippen LogP contribution in [-0.4, -0.2) is 36.1 Å². The van der Waals surface area contributed by atoms with Crippen molar-refractivity contribution >= 4 is 11.6 Å². The van der Waals surface area contributed by atoms with Crippen molar-refractivity contribution in [3.63, 3.8) is 0 Å². The smallest absolute Gasteiger partial charge is 0.285 e. The number of likely N-dealkylation sites (N-methyl/N-ethyl adjacent to an activating group) is 1. The minimum atomic E-state index is -0.153. The molecule has 1 N–H and O–H groups in total. The molecular formula is C18H27N2O+. The van der Waals surface area contributed by atoms with E-state index < -0.39 is 0 Å². The van der Waals surface area contributed by atoms with Gasteiger partial charge in [-0.15, -0.1) is 0 Å². The minimum Gasteiger partial charge on any atom is -0.320 e. The molecule has 21 heavy (non-hydrogen) atoms. The number of benzene rings is 1. The van der Waals surface area contributed by atoms with Crippen LogP contribution in [0.5, 0.6) is 0 Å². The molecular weight excluding hydrogens is 260 g/mol. The Morgan fingerprint density at radius 2 is 1.62 bits per heavy atom. The molecule has 1 aromatic rings. The summed E-state index contributed by atoms with van der Waals surface area (Å²) in [4.78, 5) is 13.0. The molecule has 1 aromatic carbocycles. The molecule has 1 aliphatic carbocycles. The third-order valence-electron chi connectivity index (χ3n) is 5.65. The maximum absolute atomic E-state index is 13.0. The van der Waals surface area contributed by atoms with Crippen molar-refractivity contribution in [2.75, 3.05) is 25.5 Å². The van der Waals surface area contributed by atoms with Crippen LogP contribution in [0.1, 0.15) is 42.4 Å². The maximum atomic E-state index is 13.0. The number of nitrogens with one attached hydrogen (secondary N) is 1. The highest BCUT2D eigenvalue weighted by molar-refractivity contribution is 6.00. The van der Waals surface area contributed by atoms with Gasteiger partial charge in [0.15, 0.2) is 5.54 Å². The molecule has 1 aliphatic heterocycles. The van der Waals surface area contributed by atoms with Crippen LogP contribution >= 0.6 is 0 Å². The summed E-state index contributed by atoms with van der Waals surface area (Å²) in [7, 11) is 2.27. The van der Waals surface area contributed by atoms with E-state index in [2.05, 4.69) is 45.3 Å². The third kappa shape index (κ3) is 2.28. The molecule has 0 aromatic heterocycles. The van der Waals surface area contributed by atoms with E-state index >= 15 is 0 Å². The highest BCUT2D eigenvalue weighted by Gasteiger charge is 2.64. The summed E-state index contributed by atoms with van der Waals surface area (Å²) in [5, 5.41) is 3.26. The summed E-state index contributed by atoms with van der Waals surface area (Å²) in [6, 6.07) is 4.29. The Morgan fingerprint density at radius 3 is 2.10 bits per heavy atom. The van der Waals surface area contributed by atoms with Crippen LogP contribution in [-0.2, 0) is 4.79 Å². The van der Waals surface area contributed by atoms with Gasteiger partial charge in [-0.25, -0.2) is 0 Å². The second-order valence-corrected chi connectivity index (χ2v) is 7.31. The third-order valence-corrected chi connectivity index (χ3v) is 5.65. The van der Waals surface area contributed by atoms with E-state index in [1.54, 1.807) is 0 Å². The molecule has 1 saturated heterocycles. The maximum Gasteiger partial charge on any atom is 0.285 e. The van der Waals surface area contributed by atoms with E-state index in [4.69, 9.17) is 0 Å². The average molecular weight is 287 g/mol. The molecule has 0 radical (unpaired) electrons. The van der Waals surface area contributed by atoms with Gasteiger partial charge in [0.25, 0.3) is 5.91 Å². The predicted molar refractivity (Wildman–Crippen MR) is 86.4 cm³/mol. The van der Waals surface area contributed by atoms with Crippen LogP contribution in [0.25, 0.3) is 0 Å². The van der Waals surface area contributed by atoms with Crippen molar-refractivity contribution in [3.05, 3.63) is 28.8 Å². The quantitative estimate of drug-likeness (QED) is 0.849. The molecule has 1 saturated carbocycles. The van der Waals surface area contributed by atoms with Crippen LogP contribution in [0.3, 0.4) is 0 Å². The number of amides is 1. The van der Waals surface area contributed by atoms with Crippen molar-refractivity contribution in [1.29, 1.82) is 0 Å². The lowest BCUT2D eigenvalue weighted by atomic mass is 10.0. The first-order chi connectivity index (χ1) is 9.88. The van der Waals surface area contributed by atoms with Crippen molar-refractivity contribution in [2.24, 2.45) is 0 Å². The molecule has 2 fully saturated rings. The normalized spacial score (nSPS) is 22.1. The number of rotatable bonds is 3. The molecule has 3 heteroatoms. The summed E-state index contributed by atoms with van der Waals surface area (Å²) in [6.45, 7) is 8.58. The van der Waals surface area contributed by atoms with Gasteiger partial charge in [-0.2, -0.15) is 0 Å². The van der Waals surface area contributed by atoms with E-state index in [0.717, 1.165) is 36.1 Å². The topological polar surface area (TPSA) is 29.1 Å². The molecule has 0 atom stereocenters. The zero-order valence-corrected chi connectivity index (χ0v) is 13.8. The number of quaternary nitrogens is 1. The number of hydrogen-bond acceptors (Lipinski definition) is 1. The van der Waals surface area contributed by atoms with Gasteiger partial charge >= 0.3 is 0 Å². The number of carbonyl (C=O) groups is 1. The van der Waals surface area contributed by atoms with E-state index in [1.807, 2.05) is 0 Å². The minimum absolute atomic E-state index is 0.153. The Hall–Kier alpha value is -1.35. The van der Waals surface area contributed by atoms with Crippen LogP contribution in [0.15, 0.2) is 12.1 Å². The van der Waals surface area contributed by atoms with Crippen LogP contribution < -0.4 is 5.32 Å². The lowest BCUT2D eigenvalue weighted by Gasteiger charge is -2.37. The first kappa shape index (κ1) is 14.6. The number of hydrogen-bond donors (Lipinski definition) is 1. The SMILES string of the molecule is Cc1cc(C)c(NC(=O)C2([N+]3(C)CCCC3)CC2)c(C)c1. The molecule has 0 unspecified atom stereocenters. The summed E-state index contributed by atoms with van der Waals surface area (Å²) < 4.78 is 0.947. The Morgan fingerprint density at radius 1 is 1.10 bits per heavy atom. The fourth-order valence-corrected chi connectivity index (χ4v) is 4.20. The highest BCUT2D eigenvalue weighted by Crippen LogP contribution is 2.49. The number of nitrogens with zero attached hydrogens (tertiary/aromatic N) is 1. The van der Waals surface area contributed by atoms with Gasteiger partial charge < -0.3 is 9.80 Å². The van der Waals surface area contributed by atoms with Crippen LogP contribution in [0.2, 0.25) is 0 Å². The van der Waals surface area contributed by atoms with Gasteiger partial charge in [0.2, 0.25) is 0 Å². The Bertz CT molecular complexity index is 558. The Labute approximate surface area is 127 Å². The largest absolute Gasteiger partial charge is 0.320 e. The first-order valence-electron chi connectivity index (χ1n) is 8.12. The van der Waals surface area contributed by atoms with Crippen molar-refractivity contribution in [2.45, 2.75) is 52.0 Å². The van der Waals surface area contributed by atoms with Crippen molar-refractivity contribution in [3.8, 4) is 0 Å². The second kappa shape index (κ2) is 4.84. The average Bonchev–Trinajstić information content (AvgIpc) is 3.12. The standard InChI is InChI=1S/C18H26N2O/c1-13-11-14(2)16(15(3)12-13)19-17(21)18(7-8-18)20(4)9-5-6-10-20/h11-12H,5-10H2,1-4H3/p+1. The number of likely N-dealkylation sites (tertiary alicyclic amines) is 1. The summed E-state index contributed by atoms with van der Waals surface area (Å²) >= 11 is 0. The van der Waals surface area contributed by atoms with E-state index in [9.17, 15) is 4.79 Å². The molecule has 114 valence electrons. The first-order valence-corrected chi connectivity index (χ1v) is 8.12. The van der Waals surface area contributed by atoms with Crippen molar-refractivity contribution < 1.29 is 9.28 Å². The van der Waals surface area contributed by atoms with Gasteiger partial charge in [-0.3, -0.25) is 4.79 Å². The van der Waals surface area contributed by atoms with E-state index in [-0.39, 0.29) is 11.4 Å². The predicted octanol–water partition coefficient (Wildman–Crippen LogP) is 3.32.